The molecule has 1 N–H and O–H groups in total. The van der Waals surface area contributed by atoms with Crippen LogP contribution in [0.5, 0.6) is 11.5 Å². The number of hydrogen-bond donors (Lipinski definition) is 1. The van der Waals surface area contributed by atoms with Crippen molar-refractivity contribution in [2.75, 3.05) is 26.4 Å². The Morgan fingerprint density at radius 2 is 1.79 bits per heavy atom. The molecule has 0 aliphatic heterocycles. The molecule has 0 aromatic heterocycles. The van der Waals surface area contributed by atoms with Crippen LogP contribution in [0.1, 0.15) is 5.56 Å². The smallest absolute Gasteiger partial charge is 0.128 e. The Labute approximate surface area is 142 Å². The predicted molar refractivity (Wildman–Crippen MR) is 91.9 cm³/mol. The molecule has 0 radical (unpaired) electrons. The summed E-state index contributed by atoms with van der Waals surface area (Å²) in [7, 11) is 0. The van der Waals surface area contributed by atoms with Gasteiger partial charge >= 0.3 is 0 Å². The van der Waals surface area contributed by atoms with Crippen LogP contribution in [0.2, 0.25) is 0 Å². The molecule has 2 aromatic rings. The first-order chi connectivity index (χ1) is 11.7. The molecular formula is C19H22O5. The monoisotopic (exact) mass is 330 g/mol. The second kappa shape index (κ2) is 9.60. The lowest BCUT2D eigenvalue weighted by Crippen LogP contribution is -2.06. The zero-order valence-electron chi connectivity index (χ0n) is 13.7. The van der Waals surface area contributed by atoms with E-state index in [4.69, 9.17) is 19.5 Å². The van der Waals surface area contributed by atoms with Gasteiger partial charge in [-0.3, -0.25) is 0 Å². The largest absolute Gasteiger partial charge is 0.491 e. The summed E-state index contributed by atoms with van der Waals surface area (Å²) >= 11 is 0. The van der Waals surface area contributed by atoms with Gasteiger partial charge in [-0.05, 0) is 36.2 Å². The zero-order chi connectivity index (χ0) is 17.2. The molecule has 0 atom stereocenters. The minimum atomic E-state index is -0.00462. The van der Waals surface area contributed by atoms with Crippen LogP contribution in [0.4, 0.5) is 0 Å². The molecule has 0 amide bonds. The fourth-order valence-electron chi connectivity index (χ4n) is 2.16. The summed E-state index contributed by atoms with van der Waals surface area (Å²) in [6, 6.07) is 13.7. The minimum Gasteiger partial charge on any atom is -0.491 e. The van der Waals surface area contributed by atoms with Crippen LogP contribution in [-0.4, -0.2) is 31.5 Å². The lowest BCUT2D eigenvalue weighted by molar-refractivity contribution is -0.251. The Morgan fingerprint density at radius 3 is 2.50 bits per heavy atom. The van der Waals surface area contributed by atoms with E-state index in [0.717, 1.165) is 28.2 Å². The van der Waals surface area contributed by atoms with Crippen LogP contribution < -0.4 is 9.47 Å². The summed E-state index contributed by atoms with van der Waals surface area (Å²) < 4.78 is 11.2. The average molecular weight is 330 g/mol. The van der Waals surface area contributed by atoms with Crippen molar-refractivity contribution < 1.29 is 24.4 Å². The van der Waals surface area contributed by atoms with Crippen LogP contribution in [0, 0.1) is 6.92 Å². The van der Waals surface area contributed by atoms with Crippen LogP contribution >= 0.6 is 0 Å². The van der Waals surface area contributed by atoms with E-state index < -0.39 is 0 Å². The van der Waals surface area contributed by atoms with Gasteiger partial charge in [-0.2, -0.15) is 4.89 Å². The Bertz CT molecular complexity index is 637. The highest BCUT2D eigenvalue weighted by atomic mass is 17.2. The first-order valence-corrected chi connectivity index (χ1v) is 7.71. The lowest BCUT2D eigenvalue weighted by atomic mass is 10.0. The van der Waals surface area contributed by atoms with E-state index in [2.05, 4.69) is 11.5 Å². The molecule has 0 bridgehead atoms. The van der Waals surface area contributed by atoms with Crippen molar-refractivity contribution in [2.45, 2.75) is 6.92 Å². The fourth-order valence-corrected chi connectivity index (χ4v) is 2.16. The summed E-state index contributed by atoms with van der Waals surface area (Å²) in [5, 5.41) is 8.79. The molecule has 0 heterocycles. The quantitative estimate of drug-likeness (QED) is 0.313. The van der Waals surface area contributed by atoms with E-state index in [1.807, 2.05) is 49.4 Å². The fraction of sp³-hybridized carbons (Fsp3) is 0.263. The number of hydrogen-bond acceptors (Lipinski definition) is 5. The maximum absolute atomic E-state index is 8.79. The standard InChI is InChI=1S/C19H22O5/c1-3-23-24-13-12-22-19-14-15(2)4-9-18(19)16-5-7-17(8-6-16)21-11-10-20/h3-9,14,20H,1,10-13H2,2H3. The second-order valence-corrected chi connectivity index (χ2v) is 5.03. The van der Waals surface area contributed by atoms with Crippen LogP contribution in [0.25, 0.3) is 11.1 Å². The van der Waals surface area contributed by atoms with Crippen LogP contribution in [0.15, 0.2) is 55.3 Å². The van der Waals surface area contributed by atoms with Gasteiger partial charge < -0.3 is 19.5 Å². The highest BCUT2D eigenvalue weighted by Crippen LogP contribution is 2.32. The highest BCUT2D eigenvalue weighted by molar-refractivity contribution is 5.71. The van der Waals surface area contributed by atoms with Crippen molar-refractivity contribution in [1.82, 2.24) is 0 Å². The highest BCUT2D eigenvalue weighted by Gasteiger charge is 2.08. The summed E-state index contributed by atoms with van der Waals surface area (Å²) in [6.45, 7) is 6.35. The van der Waals surface area contributed by atoms with E-state index in [9.17, 15) is 0 Å². The summed E-state index contributed by atoms with van der Waals surface area (Å²) in [4.78, 5) is 9.46. The average Bonchev–Trinajstić information content (AvgIpc) is 2.60. The van der Waals surface area contributed by atoms with Gasteiger partial charge in [-0.25, -0.2) is 0 Å². The molecule has 5 heteroatoms. The van der Waals surface area contributed by atoms with Gasteiger partial charge in [-0.1, -0.05) is 30.8 Å². The van der Waals surface area contributed by atoms with Gasteiger partial charge in [0.25, 0.3) is 0 Å². The minimum absolute atomic E-state index is 0.00462. The summed E-state index contributed by atoms with van der Waals surface area (Å²) in [6.07, 6.45) is 1.22. The zero-order valence-corrected chi connectivity index (χ0v) is 13.7. The van der Waals surface area contributed by atoms with Crippen LogP contribution in [-0.2, 0) is 9.78 Å². The molecule has 24 heavy (non-hydrogen) atoms. The maximum Gasteiger partial charge on any atom is 0.128 e. The third-order valence-corrected chi connectivity index (χ3v) is 3.22. The normalized spacial score (nSPS) is 10.2. The van der Waals surface area contributed by atoms with E-state index in [1.165, 1.54) is 6.26 Å². The summed E-state index contributed by atoms with van der Waals surface area (Å²) in [5.74, 6) is 1.50. The SMILES string of the molecule is C=COOCCOc1cc(C)ccc1-c1ccc(OCCO)cc1. The van der Waals surface area contributed by atoms with Gasteiger partial charge in [0.1, 0.15) is 37.6 Å². The topological polar surface area (TPSA) is 57.2 Å². The number of ether oxygens (including phenoxy) is 2. The van der Waals surface area contributed by atoms with Crippen molar-refractivity contribution in [3.63, 3.8) is 0 Å². The third kappa shape index (κ3) is 5.30. The predicted octanol–water partition coefficient (Wildman–Crippen LogP) is 3.50. The first kappa shape index (κ1) is 17.8. The number of rotatable bonds is 10. The van der Waals surface area contributed by atoms with E-state index in [-0.39, 0.29) is 13.2 Å². The first-order valence-electron chi connectivity index (χ1n) is 7.71. The van der Waals surface area contributed by atoms with Crippen molar-refractivity contribution >= 4 is 0 Å². The van der Waals surface area contributed by atoms with E-state index in [0.29, 0.717) is 13.2 Å². The molecule has 0 aliphatic rings. The van der Waals surface area contributed by atoms with Crippen molar-refractivity contribution in [1.29, 1.82) is 0 Å². The molecule has 0 saturated heterocycles. The van der Waals surface area contributed by atoms with E-state index in [1.54, 1.807) is 0 Å². The Balaban J connectivity index is 2.09. The Kier molecular flexibility index (Phi) is 7.14. The van der Waals surface area contributed by atoms with Crippen molar-refractivity contribution in [3.05, 3.63) is 60.9 Å². The molecule has 0 spiro atoms. The second-order valence-electron chi connectivity index (χ2n) is 5.03. The molecule has 128 valence electrons. The number of aliphatic hydroxyl groups excluding tert-OH is 1. The lowest BCUT2D eigenvalue weighted by Gasteiger charge is -2.13. The molecule has 2 rings (SSSR count). The third-order valence-electron chi connectivity index (χ3n) is 3.22. The van der Waals surface area contributed by atoms with Gasteiger partial charge in [0.15, 0.2) is 0 Å². The van der Waals surface area contributed by atoms with Gasteiger partial charge in [0, 0.05) is 5.56 Å². The molecule has 5 nitrogen and oxygen atoms in total. The molecule has 0 unspecified atom stereocenters. The number of benzene rings is 2. The molecule has 0 saturated carbocycles. The summed E-state index contributed by atoms with van der Waals surface area (Å²) in [5.41, 5.74) is 3.11. The molecule has 2 aromatic carbocycles. The van der Waals surface area contributed by atoms with Crippen LogP contribution in [0.3, 0.4) is 0 Å². The van der Waals surface area contributed by atoms with E-state index >= 15 is 0 Å². The van der Waals surface area contributed by atoms with Gasteiger partial charge in [0.05, 0.1) is 6.61 Å². The Hall–Kier alpha value is -2.50. The number of aliphatic hydroxyl groups is 1. The number of aryl methyl sites for hydroxylation is 1. The van der Waals surface area contributed by atoms with Gasteiger partial charge in [0.2, 0.25) is 0 Å². The molecular weight excluding hydrogens is 308 g/mol. The van der Waals surface area contributed by atoms with Gasteiger partial charge in [-0.15, -0.1) is 0 Å². The molecule has 0 fully saturated rings. The Morgan fingerprint density at radius 1 is 1.00 bits per heavy atom. The van der Waals surface area contributed by atoms with Crippen molar-refractivity contribution in [3.8, 4) is 22.6 Å². The van der Waals surface area contributed by atoms with Crippen molar-refractivity contribution in [2.24, 2.45) is 0 Å². The molecule has 0 aliphatic carbocycles. The maximum atomic E-state index is 8.79.